The molecule has 2 aliphatic heterocycles. The minimum absolute atomic E-state index is 0.0750. The lowest BCUT2D eigenvalue weighted by Gasteiger charge is -2.42. The van der Waals surface area contributed by atoms with Crippen molar-refractivity contribution in [2.75, 3.05) is 26.4 Å². The molecule has 2 aliphatic rings. The molecule has 15 heteroatoms. The van der Waals surface area contributed by atoms with Gasteiger partial charge in [0.2, 0.25) is 0 Å². The predicted octanol–water partition coefficient (Wildman–Crippen LogP) is 6.15. The van der Waals surface area contributed by atoms with E-state index in [-0.39, 0.29) is 19.4 Å². The third kappa shape index (κ3) is 26.6. The molecule has 2 heterocycles. The Kier molecular flexibility index (Phi) is 34.2. The Morgan fingerprint density at radius 1 is 0.485 bits per heavy atom. The van der Waals surface area contributed by atoms with Gasteiger partial charge in [-0.15, -0.1) is 0 Å². The van der Waals surface area contributed by atoms with E-state index in [2.05, 4.69) is 86.8 Å². The molecule has 2 rings (SSSR count). The summed E-state index contributed by atoms with van der Waals surface area (Å²) in [4.78, 5) is 25.7. The highest BCUT2D eigenvalue weighted by Crippen LogP contribution is 2.26. The van der Waals surface area contributed by atoms with Gasteiger partial charge in [0.25, 0.3) is 0 Å². The topological polar surface area (TPSA) is 231 Å². The Balaban J connectivity index is 1.88. The lowest BCUT2D eigenvalue weighted by atomic mass is 9.98. The first-order valence-electron chi connectivity index (χ1n) is 24.2. The summed E-state index contributed by atoms with van der Waals surface area (Å²) in [5, 5.41) is 72.0. The molecule has 0 aliphatic carbocycles. The van der Waals surface area contributed by atoms with E-state index < -0.39 is 99.3 Å². The van der Waals surface area contributed by atoms with Crippen LogP contribution in [0.2, 0.25) is 0 Å². The van der Waals surface area contributed by atoms with Crippen molar-refractivity contribution in [2.45, 2.75) is 171 Å². The van der Waals surface area contributed by atoms with Crippen LogP contribution in [0.1, 0.15) is 104 Å². The summed E-state index contributed by atoms with van der Waals surface area (Å²) < 4.78 is 33.4. The fraction of sp³-hybridized carbons (Fsp3) is 0.585. The Morgan fingerprint density at radius 2 is 0.985 bits per heavy atom. The summed E-state index contributed by atoms with van der Waals surface area (Å²) in [5.41, 5.74) is 0. The zero-order chi connectivity index (χ0) is 49.6. The lowest BCUT2D eigenvalue weighted by Crippen LogP contribution is -2.61. The van der Waals surface area contributed by atoms with Crippen molar-refractivity contribution < 1.29 is 73.8 Å². The van der Waals surface area contributed by atoms with E-state index in [9.17, 15) is 45.3 Å². The zero-order valence-corrected chi connectivity index (χ0v) is 40.0. The standard InChI is InChI=1S/C53H80O15/c1-3-5-7-9-11-13-15-17-18-19-20-21-22-24-25-27-29-31-33-35-44(55)63-38-41(66-45(56)36-34-32-30-28-26-23-16-14-12-10-8-6-4-2)39-64-52-51(62)49(60)47(58)43(68-52)40-65-53-50(61)48(59)46(57)42(37-54)67-53/h5-8,10-14,16-18,20-21,23-26,29,31,41-43,46-54,57-62H,3-4,9,15,19,22,27-28,30,32-40H2,1-2H3/b7-5+,8-6+,12-10+,13-11+,16-14+,18-17+,21-20+,25-24+,26-23+,31-29+/t41?,42-,43-,46+,47+,48?,49?,50?,51?,52-,53-/m1/s1. The molecule has 0 aromatic rings. The number of aliphatic hydroxyl groups excluding tert-OH is 7. The summed E-state index contributed by atoms with van der Waals surface area (Å²) in [7, 11) is 0. The van der Waals surface area contributed by atoms with E-state index >= 15 is 0 Å². The molecule has 15 nitrogen and oxygen atoms in total. The third-order valence-corrected chi connectivity index (χ3v) is 10.5. The minimum atomic E-state index is -1.79. The average molecular weight is 957 g/mol. The first-order chi connectivity index (χ1) is 33.0. The van der Waals surface area contributed by atoms with Gasteiger partial charge in [0.05, 0.1) is 19.8 Å². The fourth-order valence-corrected chi connectivity index (χ4v) is 6.60. The highest BCUT2D eigenvalue weighted by atomic mass is 16.7. The lowest BCUT2D eigenvalue weighted by molar-refractivity contribution is -0.332. The largest absolute Gasteiger partial charge is 0.462 e. The molecule has 382 valence electrons. The molecule has 0 amide bonds. The van der Waals surface area contributed by atoms with E-state index in [4.69, 9.17) is 28.4 Å². The maximum absolute atomic E-state index is 12.9. The van der Waals surface area contributed by atoms with Crippen molar-refractivity contribution in [3.05, 3.63) is 122 Å². The number of aliphatic hydroxyl groups is 7. The quantitative estimate of drug-likeness (QED) is 0.0166. The Morgan fingerprint density at radius 3 is 1.56 bits per heavy atom. The SMILES string of the molecule is CC/C=C/C=C/C=C/C=C/CCCCCC(=O)OC(COC(=O)CC/C=C/C/C=C/C/C=C/C/C=C/C/C=C/C/C=C/CC)CO[C@@H]1O[C@H](CO[C@@H]2O[C@H](CO)[C@H](O)C(O)C2O)[C@H](O)C(O)C1O. The predicted molar refractivity (Wildman–Crippen MR) is 261 cm³/mol. The Hall–Kier alpha value is -4.10. The van der Waals surface area contributed by atoms with Gasteiger partial charge in [0, 0.05) is 12.8 Å². The molecule has 0 aromatic heterocycles. The van der Waals surface area contributed by atoms with Crippen LogP contribution in [0, 0.1) is 0 Å². The summed E-state index contributed by atoms with van der Waals surface area (Å²) >= 11 is 0. The van der Waals surface area contributed by atoms with Crippen LogP contribution >= 0.6 is 0 Å². The summed E-state index contributed by atoms with van der Waals surface area (Å²) in [6.07, 6.45) is 33.9. The van der Waals surface area contributed by atoms with Crippen molar-refractivity contribution in [1.82, 2.24) is 0 Å². The van der Waals surface area contributed by atoms with Gasteiger partial charge < -0.3 is 64.2 Å². The molecular weight excluding hydrogens is 877 g/mol. The van der Waals surface area contributed by atoms with Crippen LogP contribution in [0.15, 0.2) is 122 Å². The van der Waals surface area contributed by atoms with E-state index in [0.717, 1.165) is 57.8 Å². The third-order valence-electron chi connectivity index (χ3n) is 10.5. The summed E-state index contributed by atoms with van der Waals surface area (Å²) in [6.45, 7) is 2.16. The van der Waals surface area contributed by atoms with Crippen LogP contribution in [-0.4, -0.2) is 142 Å². The van der Waals surface area contributed by atoms with Gasteiger partial charge in [-0.05, 0) is 70.6 Å². The molecule has 5 unspecified atom stereocenters. The smallest absolute Gasteiger partial charge is 0.306 e. The number of rotatable bonds is 34. The fourth-order valence-electron chi connectivity index (χ4n) is 6.60. The van der Waals surface area contributed by atoms with Gasteiger partial charge in [0.1, 0.15) is 55.4 Å². The van der Waals surface area contributed by atoms with Crippen molar-refractivity contribution in [2.24, 2.45) is 0 Å². The van der Waals surface area contributed by atoms with Gasteiger partial charge >= 0.3 is 11.9 Å². The zero-order valence-electron chi connectivity index (χ0n) is 40.0. The number of hydrogen-bond acceptors (Lipinski definition) is 15. The first kappa shape index (κ1) is 60.0. The van der Waals surface area contributed by atoms with Gasteiger partial charge in [-0.2, -0.15) is 0 Å². The molecule has 2 saturated heterocycles. The number of carbonyl (C=O) groups excluding carboxylic acids is 2. The van der Waals surface area contributed by atoms with E-state index in [0.29, 0.717) is 19.3 Å². The Labute approximate surface area is 403 Å². The van der Waals surface area contributed by atoms with E-state index in [1.54, 1.807) is 0 Å². The van der Waals surface area contributed by atoms with Crippen molar-refractivity contribution in [1.29, 1.82) is 0 Å². The number of unbranched alkanes of at least 4 members (excludes halogenated alkanes) is 3. The maximum Gasteiger partial charge on any atom is 0.306 e. The number of hydrogen-bond donors (Lipinski definition) is 7. The molecular formula is C53H80O15. The van der Waals surface area contributed by atoms with Crippen LogP contribution in [0.5, 0.6) is 0 Å². The van der Waals surface area contributed by atoms with Crippen LogP contribution < -0.4 is 0 Å². The minimum Gasteiger partial charge on any atom is -0.462 e. The maximum atomic E-state index is 12.9. The Bertz CT molecular complexity index is 1640. The second-order valence-corrected chi connectivity index (χ2v) is 16.3. The molecule has 68 heavy (non-hydrogen) atoms. The van der Waals surface area contributed by atoms with Crippen molar-refractivity contribution in [3.63, 3.8) is 0 Å². The summed E-state index contributed by atoms with van der Waals surface area (Å²) in [5.74, 6) is -1.09. The second-order valence-electron chi connectivity index (χ2n) is 16.3. The molecule has 0 bridgehead atoms. The van der Waals surface area contributed by atoms with Crippen LogP contribution in [0.3, 0.4) is 0 Å². The monoisotopic (exact) mass is 957 g/mol. The van der Waals surface area contributed by atoms with Crippen molar-refractivity contribution >= 4 is 11.9 Å². The molecule has 7 N–H and O–H groups in total. The van der Waals surface area contributed by atoms with Gasteiger partial charge in [-0.25, -0.2) is 0 Å². The molecule has 0 radical (unpaired) electrons. The van der Waals surface area contributed by atoms with Crippen LogP contribution in [0.25, 0.3) is 0 Å². The summed E-state index contributed by atoms with van der Waals surface area (Å²) in [6, 6.07) is 0. The number of ether oxygens (including phenoxy) is 6. The van der Waals surface area contributed by atoms with E-state index in [1.807, 2.05) is 48.6 Å². The molecule has 0 saturated carbocycles. The normalized spacial score (nSPS) is 26.8. The van der Waals surface area contributed by atoms with Crippen molar-refractivity contribution in [3.8, 4) is 0 Å². The number of esters is 2. The highest BCUT2D eigenvalue weighted by Gasteiger charge is 2.47. The molecule has 0 aromatic carbocycles. The number of allylic oxidation sites excluding steroid dienone is 20. The van der Waals surface area contributed by atoms with Gasteiger partial charge in [0.15, 0.2) is 18.7 Å². The molecule has 0 spiro atoms. The average Bonchev–Trinajstić information content (AvgIpc) is 3.33. The van der Waals surface area contributed by atoms with Crippen LogP contribution in [0.4, 0.5) is 0 Å². The number of carbonyl (C=O) groups is 2. The van der Waals surface area contributed by atoms with Crippen LogP contribution in [-0.2, 0) is 38.0 Å². The highest BCUT2D eigenvalue weighted by molar-refractivity contribution is 5.70. The first-order valence-corrected chi connectivity index (χ1v) is 24.2. The van der Waals surface area contributed by atoms with E-state index in [1.165, 1.54) is 0 Å². The molecule has 11 atom stereocenters. The van der Waals surface area contributed by atoms with Gasteiger partial charge in [-0.3, -0.25) is 9.59 Å². The van der Waals surface area contributed by atoms with Gasteiger partial charge in [-0.1, -0.05) is 142 Å². The second kappa shape index (κ2) is 38.7. The molecule has 2 fully saturated rings.